The van der Waals surface area contributed by atoms with Gasteiger partial charge in [-0.25, -0.2) is 4.68 Å². The van der Waals surface area contributed by atoms with Crippen LogP contribution in [0.4, 0.5) is 5.69 Å². The third kappa shape index (κ3) is 2.69. The van der Waals surface area contributed by atoms with Crippen LogP contribution in [0.2, 0.25) is 5.02 Å². The largest absolute Gasteiger partial charge is 0.399 e. The van der Waals surface area contributed by atoms with Gasteiger partial charge in [0.25, 0.3) is 0 Å². The molecule has 2 rings (SSSR count). The Morgan fingerprint density at radius 2 is 2.16 bits per heavy atom. The number of halogens is 1. The quantitative estimate of drug-likeness (QED) is 0.867. The fraction of sp³-hybridized carbons (Fsp3) is 0.417. The minimum atomic E-state index is -0.387. The molecule has 0 radical (unpaired) electrons. The van der Waals surface area contributed by atoms with E-state index in [1.807, 2.05) is 13.8 Å². The maximum absolute atomic E-state index is 6.19. The van der Waals surface area contributed by atoms with Crippen molar-refractivity contribution in [3.63, 3.8) is 0 Å². The average molecular weight is 282 g/mol. The minimum absolute atomic E-state index is 0.387. The van der Waals surface area contributed by atoms with Crippen LogP contribution in [0.3, 0.4) is 0 Å². The molecule has 0 bridgehead atoms. The number of nitrogens with zero attached hydrogens (tertiary/aromatic N) is 4. The van der Waals surface area contributed by atoms with Crippen molar-refractivity contribution in [1.29, 1.82) is 0 Å². The second-order valence-electron chi connectivity index (χ2n) is 4.90. The SMILES string of the molecule is COCC(C)(C)n1nnnc1-c1cc(N)ccc1Cl. The Kier molecular flexibility index (Phi) is 3.73. The van der Waals surface area contributed by atoms with Gasteiger partial charge in [0.1, 0.15) is 0 Å². The van der Waals surface area contributed by atoms with Gasteiger partial charge in [-0.2, -0.15) is 0 Å². The summed E-state index contributed by atoms with van der Waals surface area (Å²) in [6.07, 6.45) is 0. The minimum Gasteiger partial charge on any atom is -0.399 e. The summed E-state index contributed by atoms with van der Waals surface area (Å²) < 4.78 is 6.89. The molecule has 102 valence electrons. The first-order valence-electron chi connectivity index (χ1n) is 5.79. The Morgan fingerprint density at radius 1 is 1.42 bits per heavy atom. The van der Waals surface area contributed by atoms with Crippen molar-refractivity contribution >= 4 is 17.3 Å². The summed E-state index contributed by atoms with van der Waals surface area (Å²) >= 11 is 6.19. The highest BCUT2D eigenvalue weighted by Gasteiger charge is 2.26. The Balaban J connectivity index is 2.53. The van der Waals surface area contributed by atoms with E-state index in [0.29, 0.717) is 28.7 Å². The molecule has 0 amide bonds. The van der Waals surface area contributed by atoms with Crippen LogP contribution in [0.5, 0.6) is 0 Å². The number of aromatic nitrogens is 4. The van der Waals surface area contributed by atoms with E-state index >= 15 is 0 Å². The zero-order valence-corrected chi connectivity index (χ0v) is 11.8. The van der Waals surface area contributed by atoms with Crippen molar-refractivity contribution in [2.45, 2.75) is 19.4 Å². The van der Waals surface area contributed by atoms with Crippen LogP contribution in [0.15, 0.2) is 18.2 Å². The first kappa shape index (κ1) is 13.8. The number of anilines is 1. The molecule has 0 atom stereocenters. The number of tetrazole rings is 1. The van der Waals surface area contributed by atoms with Crippen molar-refractivity contribution < 1.29 is 4.74 Å². The van der Waals surface area contributed by atoms with Crippen LogP contribution < -0.4 is 5.73 Å². The zero-order valence-electron chi connectivity index (χ0n) is 11.1. The Bertz CT molecular complexity index is 581. The molecule has 0 saturated carbocycles. The summed E-state index contributed by atoms with van der Waals surface area (Å²) in [6.45, 7) is 4.44. The molecule has 19 heavy (non-hydrogen) atoms. The van der Waals surface area contributed by atoms with E-state index in [2.05, 4.69) is 15.5 Å². The Morgan fingerprint density at radius 3 is 2.84 bits per heavy atom. The molecule has 0 aliphatic rings. The molecule has 0 spiro atoms. The van der Waals surface area contributed by atoms with Crippen molar-refractivity contribution in [3.05, 3.63) is 23.2 Å². The lowest BCUT2D eigenvalue weighted by atomic mass is 10.1. The summed E-state index contributed by atoms with van der Waals surface area (Å²) in [5.74, 6) is 0.569. The first-order chi connectivity index (χ1) is 8.95. The third-order valence-corrected chi connectivity index (χ3v) is 3.10. The van der Waals surface area contributed by atoms with Crippen LogP contribution in [-0.4, -0.2) is 33.9 Å². The summed E-state index contributed by atoms with van der Waals surface area (Å²) in [5.41, 5.74) is 6.72. The van der Waals surface area contributed by atoms with Crippen LogP contribution >= 0.6 is 11.6 Å². The van der Waals surface area contributed by atoms with Crippen LogP contribution in [-0.2, 0) is 10.3 Å². The number of methoxy groups -OCH3 is 1. The van der Waals surface area contributed by atoms with Crippen LogP contribution in [0, 0.1) is 0 Å². The molecule has 2 N–H and O–H groups in total. The molecule has 1 aromatic heterocycles. The Hall–Kier alpha value is -1.66. The lowest BCUT2D eigenvalue weighted by Gasteiger charge is -2.24. The monoisotopic (exact) mass is 281 g/mol. The number of benzene rings is 1. The maximum atomic E-state index is 6.19. The van der Waals surface area contributed by atoms with Crippen molar-refractivity contribution in [1.82, 2.24) is 20.2 Å². The molecular weight excluding hydrogens is 266 g/mol. The topological polar surface area (TPSA) is 78.8 Å². The molecule has 2 aromatic rings. The normalized spacial score (nSPS) is 11.8. The van der Waals surface area contributed by atoms with E-state index in [4.69, 9.17) is 22.1 Å². The molecule has 1 aromatic carbocycles. The van der Waals surface area contributed by atoms with Gasteiger partial charge in [0.05, 0.1) is 17.2 Å². The van der Waals surface area contributed by atoms with Crippen LogP contribution in [0.25, 0.3) is 11.4 Å². The molecule has 0 aliphatic carbocycles. The number of nitrogens with two attached hydrogens (primary N) is 1. The lowest BCUT2D eigenvalue weighted by Crippen LogP contribution is -2.33. The highest BCUT2D eigenvalue weighted by Crippen LogP contribution is 2.30. The van der Waals surface area contributed by atoms with E-state index in [9.17, 15) is 0 Å². The number of ether oxygens (including phenoxy) is 1. The zero-order chi connectivity index (χ0) is 14.0. The highest BCUT2D eigenvalue weighted by molar-refractivity contribution is 6.33. The smallest absolute Gasteiger partial charge is 0.184 e. The molecule has 1 heterocycles. The van der Waals surface area contributed by atoms with E-state index in [-0.39, 0.29) is 5.54 Å². The molecule has 6 nitrogen and oxygen atoms in total. The Labute approximate surface area is 116 Å². The molecular formula is C12H16ClN5O. The maximum Gasteiger partial charge on any atom is 0.184 e. The second-order valence-corrected chi connectivity index (χ2v) is 5.31. The number of rotatable bonds is 4. The van der Waals surface area contributed by atoms with Gasteiger partial charge in [-0.05, 0) is 42.5 Å². The fourth-order valence-electron chi connectivity index (χ4n) is 1.89. The molecule has 0 aliphatic heterocycles. The van der Waals surface area contributed by atoms with Gasteiger partial charge < -0.3 is 10.5 Å². The summed E-state index contributed by atoms with van der Waals surface area (Å²) in [6, 6.07) is 5.22. The van der Waals surface area contributed by atoms with Crippen molar-refractivity contribution in [3.8, 4) is 11.4 Å². The van der Waals surface area contributed by atoms with Crippen molar-refractivity contribution in [2.75, 3.05) is 19.5 Å². The van der Waals surface area contributed by atoms with E-state index in [1.165, 1.54) is 0 Å². The molecule has 7 heteroatoms. The van der Waals surface area contributed by atoms with Gasteiger partial charge in [0, 0.05) is 18.4 Å². The lowest BCUT2D eigenvalue weighted by molar-refractivity contribution is 0.101. The van der Waals surface area contributed by atoms with E-state index in [0.717, 1.165) is 0 Å². The number of hydrogen-bond acceptors (Lipinski definition) is 5. The predicted octanol–water partition coefficient (Wildman–Crippen LogP) is 1.96. The first-order valence-corrected chi connectivity index (χ1v) is 6.16. The number of hydrogen-bond donors (Lipinski definition) is 1. The van der Waals surface area contributed by atoms with E-state index < -0.39 is 0 Å². The van der Waals surface area contributed by atoms with Gasteiger partial charge in [0.2, 0.25) is 0 Å². The summed E-state index contributed by atoms with van der Waals surface area (Å²) in [5, 5.41) is 12.4. The summed E-state index contributed by atoms with van der Waals surface area (Å²) in [7, 11) is 1.64. The standard InChI is InChI=1S/C12H16ClN5O/c1-12(2,7-19-3)18-11(15-16-17-18)9-6-8(14)4-5-10(9)13/h4-6H,7,14H2,1-3H3. The highest BCUT2D eigenvalue weighted by atomic mass is 35.5. The number of nitrogen functional groups attached to an aromatic ring is 1. The summed E-state index contributed by atoms with van der Waals surface area (Å²) in [4.78, 5) is 0. The van der Waals surface area contributed by atoms with Gasteiger partial charge in [-0.15, -0.1) is 5.10 Å². The third-order valence-electron chi connectivity index (χ3n) is 2.77. The van der Waals surface area contributed by atoms with Gasteiger partial charge in [0.15, 0.2) is 5.82 Å². The van der Waals surface area contributed by atoms with Crippen molar-refractivity contribution in [2.24, 2.45) is 0 Å². The predicted molar refractivity (Wildman–Crippen MR) is 73.9 cm³/mol. The van der Waals surface area contributed by atoms with Gasteiger partial charge >= 0.3 is 0 Å². The molecule has 0 unspecified atom stereocenters. The average Bonchev–Trinajstić information content (AvgIpc) is 2.82. The van der Waals surface area contributed by atoms with Gasteiger partial charge in [-0.3, -0.25) is 0 Å². The van der Waals surface area contributed by atoms with E-state index in [1.54, 1.807) is 30.0 Å². The second kappa shape index (κ2) is 5.14. The fourth-order valence-corrected chi connectivity index (χ4v) is 2.09. The van der Waals surface area contributed by atoms with Crippen LogP contribution in [0.1, 0.15) is 13.8 Å². The van der Waals surface area contributed by atoms with Gasteiger partial charge in [-0.1, -0.05) is 11.6 Å². The molecule has 0 saturated heterocycles. The molecule has 0 fully saturated rings.